The molecule has 21 heavy (non-hydrogen) atoms. The molecule has 4 nitrogen and oxygen atoms in total. The van der Waals surface area contributed by atoms with Gasteiger partial charge in [0.15, 0.2) is 0 Å². The SMILES string of the molecule is CN1Cc2ccccc2N(Cc2ccc(C#N)cc2)C1=O. The lowest BCUT2D eigenvalue weighted by molar-refractivity contribution is 0.210. The van der Waals surface area contributed by atoms with Gasteiger partial charge in [-0.25, -0.2) is 4.79 Å². The third-order valence-electron chi connectivity index (χ3n) is 3.67. The number of carbonyl (C=O) groups is 1. The van der Waals surface area contributed by atoms with Crippen molar-refractivity contribution in [2.75, 3.05) is 11.9 Å². The van der Waals surface area contributed by atoms with Crippen LogP contribution in [0.5, 0.6) is 0 Å². The Labute approximate surface area is 123 Å². The van der Waals surface area contributed by atoms with Crippen LogP contribution in [0.1, 0.15) is 16.7 Å². The Morgan fingerprint density at radius 3 is 2.57 bits per heavy atom. The molecule has 1 aliphatic heterocycles. The molecule has 0 saturated heterocycles. The van der Waals surface area contributed by atoms with Crippen LogP contribution in [0.25, 0.3) is 0 Å². The molecule has 0 N–H and O–H groups in total. The zero-order valence-electron chi connectivity index (χ0n) is 11.8. The van der Waals surface area contributed by atoms with E-state index >= 15 is 0 Å². The fourth-order valence-electron chi connectivity index (χ4n) is 2.56. The predicted molar refractivity (Wildman–Crippen MR) is 80.6 cm³/mol. The average molecular weight is 277 g/mol. The van der Waals surface area contributed by atoms with E-state index in [1.54, 1.807) is 21.9 Å². The van der Waals surface area contributed by atoms with Crippen molar-refractivity contribution < 1.29 is 4.79 Å². The van der Waals surface area contributed by atoms with Gasteiger partial charge >= 0.3 is 6.03 Å². The molecule has 104 valence electrons. The molecule has 2 aromatic carbocycles. The standard InChI is InChI=1S/C17H15N3O/c1-19-12-15-4-2-3-5-16(15)20(17(19)21)11-14-8-6-13(10-18)7-9-14/h2-9H,11-12H2,1H3. The summed E-state index contributed by atoms with van der Waals surface area (Å²) in [5, 5.41) is 8.84. The Kier molecular flexibility index (Phi) is 3.33. The summed E-state index contributed by atoms with van der Waals surface area (Å²) in [7, 11) is 1.81. The summed E-state index contributed by atoms with van der Waals surface area (Å²) < 4.78 is 0. The molecule has 0 spiro atoms. The van der Waals surface area contributed by atoms with E-state index in [2.05, 4.69) is 6.07 Å². The number of urea groups is 1. The molecule has 0 unspecified atom stereocenters. The Balaban J connectivity index is 1.93. The van der Waals surface area contributed by atoms with Gasteiger partial charge in [0, 0.05) is 13.6 Å². The normalized spacial score (nSPS) is 13.8. The second-order valence-electron chi connectivity index (χ2n) is 5.16. The van der Waals surface area contributed by atoms with Crippen molar-refractivity contribution in [3.63, 3.8) is 0 Å². The highest BCUT2D eigenvalue weighted by Crippen LogP contribution is 2.29. The summed E-state index contributed by atoms with van der Waals surface area (Å²) in [6.45, 7) is 1.14. The van der Waals surface area contributed by atoms with E-state index in [-0.39, 0.29) is 6.03 Å². The maximum atomic E-state index is 12.4. The molecule has 2 aromatic rings. The molecule has 0 radical (unpaired) electrons. The lowest BCUT2D eigenvalue weighted by Gasteiger charge is -2.35. The van der Waals surface area contributed by atoms with Crippen molar-refractivity contribution in [1.29, 1.82) is 5.26 Å². The van der Waals surface area contributed by atoms with Crippen LogP contribution in [-0.2, 0) is 13.1 Å². The van der Waals surface area contributed by atoms with Gasteiger partial charge in [0.2, 0.25) is 0 Å². The fourth-order valence-corrected chi connectivity index (χ4v) is 2.56. The van der Waals surface area contributed by atoms with Crippen molar-refractivity contribution in [3.8, 4) is 6.07 Å². The summed E-state index contributed by atoms with van der Waals surface area (Å²) in [6, 6.07) is 17.4. The topological polar surface area (TPSA) is 47.3 Å². The number of rotatable bonds is 2. The molecular weight excluding hydrogens is 262 g/mol. The lowest BCUT2D eigenvalue weighted by Crippen LogP contribution is -2.44. The molecule has 3 rings (SSSR count). The van der Waals surface area contributed by atoms with Crippen LogP contribution in [0.4, 0.5) is 10.5 Å². The van der Waals surface area contributed by atoms with Gasteiger partial charge in [0.25, 0.3) is 0 Å². The van der Waals surface area contributed by atoms with Crippen molar-refractivity contribution in [2.45, 2.75) is 13.1 Å². The quantitative estimate of drug-likeness (QED) is 0.846. The first-order valence-corrected chi connectivity index (χ1v) is 6.78. The molecule has 2 amide bonds. The molecule has 0 fully saturated rings. The van der Waals surface area contributed by atoms with E-state index in [1.807, 2.05) is 43.4 Å². The number of amides is 2. The predicted octanol–water partition coefficient (Wildman–Crippen LogP) is 3.13. The fraction of sp³-hybridized carbons (Fsp3) is 0.176. The minimum absolute atomic E-state index is 0.00180. The Bertz CT molecular complexity index is 716. The summed E-state index contributed by atoms with van der Waals surface area (Å²) in [5.74, 6) is 0. The highest BCUT2D eigenvalue weighted by atomic mass is 16.2. The van der Waals surface area contributed by atoms with Crippen molar-refractivity contribution in [2.24, 2.45) is 0 Å². The van der Waals surface area contributed by atoms with Gasteiger partial charge in [-0.15, -0.1) is 0 Å². The Morgan fingerprint density at radius 1 is 1.14 bits per heavy atom. The first-order valence-electron chi connectivity index (χ1n) is 6.78. The third-order valence-corrected chi connectivity index (χ3v) is 3.67. The van der Waals surface area contributed by atoms with Crippen LogP contribution in [0.3, 0.4) is 0 Å². The van der Waals surface area contributed by atoms with Crippen molar-refractivity contribution in [1.82, 2.24) is 4.90 Å². The number of hydrogen-bond donors (Lipinski definition) is 0. The van der Waals surface area contributed by atoms with Crippen LogP contribution in [-0.4, -0.2) is 18.0 Å². The Morgan fingerprint density at radius 2 is 1.86 bits per heavy atom. The summed E-state index contributed by atoms with van der Waals surface area (Å²) in [4.78, 5) is 15.9. The van der Waals surface area contributed by atoms with Gasteiger partial charge in [-0.2, -0.15) is 5.26 Å². The number of para-hydroxylation sites is 1. The molecule has 1 aliphatic rings. The number of fused-ring (bicyclic) bond motifs is 1. The van der Waals surface area contributed by atoms with Crippen molar-refractivity contribution >= 4 is 11.7 Å². The van der Waals surface area contributed by atoms with Crippen LogP contribution in [0.2, 0.25) is 0 Å². The first kappa shape index (κ1) is 13.2. The van der Waals surface area contributed by atoms with E-state index in [4.69, 9.17) is 5.26 Å². The van der Waals surface area contributed by atoms with E-state index in [0.29, 0.717) is 18.7 Å². The number of nitriles is 1. The molecule has 0 aromatic heterocycles. The Hall–Kier alpha value is -2.80. The molecular formula is C17H15N3O. The van der Waals surface area contributed by atoms with Crippen LogP contribution >= 0.6 is 0 Å². The minimum Gasteiger partial charge on any atom is -0.323 e. The van der Waals surface area contributed by atoms with Gasteiger partial charge in [0.1, 0.15) is 0 Å². The van der Waals surface area contributed by atoms with E-state index in [0.717, 1.165) is 16.8 Å². The molecule has 0 atom stereocenters. The first-order chi connectivity index (χ1) is 10.2. The third kappa shape index (κ3) is 2.46. The lowest BCUT2D eigenvalue weighted by atomic mass is 10.1. The van der Waals surface area contributed by atoms with Gasteiger partial charge in [-0.3, -0.25) is 4.90 Å². The molecule has 4 heteroatoms. The van der Waals surface area contributed by atoms with E-state index in [9.17, 15) is 4.79 Å². The maximum Gasteiger partial charge on any atom is 0.324 e. The van der Waals surface area contributed by atoms with E-state index < -0.39 is 0 Å². The van der Waals surface area contributed by atoms with Crippen LogP contribution < -0.4 is 4.90 Å². The number of anilines is 1. The maximum absolute atomic E-state index is 12.4. The highest BCUT2D eigenvalue weighted by molar-refractivity contribution is 5.94. The summed E-state index contributed by atoms with van der Waals surface area (Å²) in [5.41, 5.74) is 3.74. The molecule has 0 bridgehead atoms. The number of carbonyl (C=O) groups excluding carboxylic acids is 1. The number of nitrogens with zero attached hydrogens (tertiary/aromatic N) is 3. The van der Waals surface area contributed by atoms with E-state index in [1.165, 1.54) is 0 Å². The molecule has 1 heterocycles. The zero-order chi connectivity index (χ0) is 14.8. The monoisotopic (exact) mass is 277 g/mol. The van der Waals surface area contributed by atoms with Crippen LogP contribution in [0, 0.1) is 11.3 Å². The largest absolute Gasteiger partial charge is 0.324 e. The molecule has 0 saturated carbocycles. The van der Waals surface area contributed by atoms with Gasteiger partial charge in [-0.1, -0.05) is 30.3 Å². The zero-order valence-corrected chi connectivity index (χ0v) is 11.8. The average Bonchev–Trinajstić information content (AvgIpc) is 2.52. The second kappa shape index (κ2) is 5.29. The number of benzene rings is 2. The summed E-state index contributed by atoms with van der Waals surface area (Å²) >= 11 is 0. The van der Waals surface area contributed by atoms with Crippen LogP contribution in [0.15, 0.2) is 48.5 Å². The molecule has 0 aliphatic carbocycles. The highest BCUT2D eigenvalue weighted by Gasteiger charge is 2.27. The second-order valence-corrected chi connectivity index (χ2v) is 5.16. The van der Waals surface area contributed by atoms with Gasteiger partial charge in [0.05, 0.1) is 23.9 Å². The van der Waals surface area contributed by atoms with Gasteiger partial charge < -0.3 is 4.90 Å². The minimum atomic E-state index is -0.00180. The van der Waals surface area contributed by atoms with Crippen molar-refractivity contribution in [3.05, 3.63) is 65.2 Å². The summed E-state index contributed by atoms with van der Waals surface area (Å²) in [6.07, 6.45) is 0. The smallest absolute Gasteiger partial charge is 0.323 e. The van der Waals surface area contributed by atoms with Gasteiger partial charge in [-0.05, 0) is 29.3 Å². The number of hydrogen-bond acceptors (Lipinski definition) is 2.